The number of halogens is 1. The minimum absolute atomic E-state index is 0.0646. The number of allylic oxidation sites excluding steroid dienone is 1. The fourth-order valence-corrected chi connectivity index (χ4v) is 2.68. The van der Waals surface area contributed by atoms with Crippen molar-refractivity contribution in [3.8, 4) is 0 Å². The molecule has 0 radical (unpaired) electrons. The Hall–Kier alpha value is -0.810. The second-order valence-corrected chi connectivity index (χ2v) is 6.72. The standard InChI is InChI=1S/C11H14BrN2O3P/c1-7(18(15,16)17)11-9-3-2-8(12)6-10(9)13-4-5-14-11/h2-3,6,13-14H,4-5H2,1H3,(H2,15,16,17). The van der Waals surface area contributed by atoms with Gasteiger partial charge in [0.1, 0.15) is 0 Å². The summed E-state index contributed by atoms with van der Waals surface area (Å²) in [4.78, 5) is 18.6. The SMILES string of the molecule is CC(=C1NCCNc2cc(Br)ccc21)P(=O)(O)O. The highest BCUT2D eigenvalue weighted by atomic mass is 79.9. The molecule has 0 unspecified atom stereocenters. The smallest absolute Gasteiger partial charge is 0.354 e. The van der Waals surface area contributed by atoms with Crippen LogP contribution in [-0.2, 0) is 4.57 Å². The molecule has 4 N–H and O–H groups in total. The van der Waals surface area contributed by atoms with E-state index in [1.165, 1.54) is 6.92 Å². The van der Waals surface area contributed by atoms with Gasteiger partial charge in [-0.2, -0.15) is 0 Å². The molecule has 0 atom stereocenters. The van der Waals surface area contributed by atoms with Crippen LogP contribution in [0.1, 0.15) is 12.5 Å². The highest BCUT2D eigenvalue weighted by molar-refractivity contribution is 9.10. The molecule has 1 aliphatic rings. The van der Waals surface area contributed by atoms with Gasteiger partial charge in [-0.25, -0.2) is 0 Å². The van der Waals surface area contributed by atoms with Crippen molar-refractivity contribution >= 4 is 34.9 Å². The first-order valence-corrected chi connectivity index (χ1v) is 7.85. The van der Waals surface area contributed by atoms with Gasteiger partial charge in [-0.05, 0) is 25.1 Å². The van der Waals surface area contributed by atoms with E-state index in [9.17, 15) is 14.4 Å². The van der Waals surface area contributed by atoms with Crippen LogP contribution in [0.5, 0.6) is 0 Å². The van der Waals surface area contributed by atoms with E-state index in [1.807, 2.05) is 18.2 Å². The zero-order valence-corrected chi connectivity index (χ0v) is 12.3. The van der Waals surface area contributed by atoms with Gasteiger partial charge in [-0.3, -0.25) is 4.57 Å². The summed E-state index contributed by atoms with van der Waals surface area (Å²) in [7, 11) is -4.23. The first-order valence-electron chi connectivity index (χ1n) is 5.44. The third-order valence-corrected chi connectivity index (χ3v) is 4.38. The predicted octanol–water partition coefficient (Wildman–Crippen LogP) is 2.33. The highest BCUT2D eigenvalue weighted by Crippen LogP contribution is 2.48. The minimum Gasteiger partial charge on any atom is -0.383 e. The van der Waals surface area contributed by atoms with Crippen LogP contribution in [0.2, 0.25) is 0 Å². The van der Waals surface area contributed by atoms with Gasteiger partial charge in [0.2, 0.25) is 0 Å². The Balaban J connectivity index is 2.62. The molecule has 0 spiro atoms. The zero-order valence-electron chi connectivity index (χ0n) is 9.77. The maximum Gasteiger partial charge on any atom is 0.354 e. The van der Waals surface area contributed by atoms with Crippen molar-refractivity contribution in [1.82, 2.24) is 5.32 Å². The Morgan fingerprint density at radius 2 is 2.00 bits per heavy atom. The maximum absolute atomic E-state index is 11.4. The normalized spacial score (nSPS) is 18.2. The number of hydrogen-bond acceptors (Lipinski definition) is 3. The molecule has 1 aromatic rings. The van der Waals surface area contributed by atoms with Gasteiger partial charge in [0.25, 0.3) is 0 Å². The van der Waals surface area contributed by atoms with Gasteiger partial charge in [-0.1, -0.05) is 15.9 Å². The highest BCUT2D eigenvalue weighted by Gasteiger charge is 2.24. The average molecular weight is 333 g/mol. The summed E-state index contributed by atoms with van der Waals surface area (Å²) in [5.74, 6) is 0. The number of nitrogens with one attached hydrogen (secondary N) is 2. The van der Waals surface area contributed by atoms with E-state index < -0.39 is 7.60 Å². The summed E-state index contributed by atoms with van der Waals surface area (Å²) in [6.07, 6.45) is 0. The monoisotopic (exact) mass is 332 g/mol. The van der Waals surface area contributed by atoms with E-state index in [1.54, 1.807) is 0 Å². The van der Waals surface area contributed by atoms with E-state index >= 15 is 0 Å². The van der Waals surface area contributed by atoms with Gasteiger partial charge in [-0.15, -0.1) is 0 Å². The van der Waals surface area contributed by atoms with E-state index in [0.717, 1.165) is 15.7 Å². The van der Waals surface area contributed by atoms with Crippen molar-refractivity contribution in [3.05, 3.63) is 33.5 Å². The van der Waals surface area contributed by atoms with Crippen LogP contribution in [-0.4, -0.2) is 22.9 Å². The van der Waals surface area contributed by atoms with Crippen LogP contribution in [0, 0.1) is 0 Å². The van der Waals surface area contributed by atoms with Crippen molar-refractivity contribution in [1.29, 1.82) is 0 Å². The molecule has 0 bridgehead atoms. The lowest BCUT2D eigenvalue weighted by Gasteiger charge is -2.15. The van der Waals surface area contributed by atoms with E-state index in [2.05, 4.69) is 26.6 Å². The van der Waals surface area contributed by atoms with Crippen LogP contribution in [0.15, 0.2) is 28.0 Å². The minimum atomic E-state index is -4.23. The molecule has 18 heavy (non-hydrogen) atoms. The Labute approximate surface area is 114 Å². The van der Waals surface area contributed by atoms with E-state index in [0.29, 0.717) is 18.8 Å². The number of anilines is 1. The molecule has 1 heterocycles. The number of benzene rings is 1. The second kappa shape index (κ2) is 5.05. The summed E-state index contributed by atoms with van der Waals surface area (Å²) in [5.41, 5.74) is 2.14. The maximum atomic E-state index is 11.4. The molecule has 0 fully saturated rings. The zero-order chi connectivity index (χ0) is 13.3. The summed E-state index contributed by atoms with van der Waals surface area (Å²) in [6, 6.07) is 5.58. The molecule has 0 saturated carbocycles. The number of rotatable bonds is 1. The summed E-state index contributed by atoms with van der Waals surface area (Å²) in [6.45, 7) is 2.76. The van der Waals surface area contributed by atoms with Gasteiger partial charge >= 0.3 is 7.60 Å². The van der Waals surface area contributed by atoms with Gasteiger partial charge in [0.15, 0.2) is 0 Å². The van der Waals surface area contributed by atoms with Crippen LogP contribution >= 0.6 is 23.5 Å². The van der Waals surface area contributed by atoms with Gasteiger partial charge in [0.05, 0.1) is 11.0 Å². The van der Waals surface area contributed by atoms with E-state index in [4.69, 9.17) is 0 Å². The molecule has 2 rings (SSSR count). The molecule has 98 valence electrons. The van der Waals surface area contributed by atoms with Crippen molar-refractivity contribution in [2.45, 2.75) is 6.92 Å². The van der Waals surface area contributed by atoms with E-state index in [-0.39, 0.29) is 5.31 Å². The second-order valence-electron chi connectivity index (χ2n) is 4.05. The van der Waals surface area contributed by atoms with Crippen LogP contribution < -0.4 is 10.6 Å². The molecule has 0 amide bonds. The molecule has 1 aliphatic heterocycles. The van der Waals surface area contributed by atoms with Crippen molar-refractivity contribution in [2.24, 2.45) is 0 Å². The third kappa shape index (κ3) is 2.78. The van der Waals surface area contributed by atoms with Crippen molar-refractivity contribution in [3.63, 3.8) is 0 Å². The van der Waals surface area contributed by atoms with Gasteiger partial charge in [0, 0.05) is 28.8 Å². The van der Waals surface area contributed by atoms with Crippen molar-refractivity contribution < 1.29 is 14.4 Å². The summed E-state index contributed by atoms with van der Waals surface area (Å²) in [5, 5.41) is 6.36. The summed E-state index contributed by atoms with van der Waals surface area (Å²) >= 11 is 3.38. The number of hydrogen-bond donors (Lipinski definition) is 4. The summed E-state index contributed by atoms with van der Waals surface area (Å²) < 4.78 is 12.3. The topological polar surface area (TPSA) is 81.6 Å². The number of fused-ring (bicyclic) bond motifs is 1. The Morgan fingerprint density at radius 1 is 1.33 bits per heavy atom. The third-order valence-electron chi connectivity index (χ3n) is 2.79. The predicted molar refractivity (Wildman–Crippen MR) is 75.3 cm³/mol. The van der Waals surface area contributed by atoms with Crippen LogP contribution in [0.3, 0.4) is 0 Å². The Kier molecular flexibility index (Phi) is 3.82. The molecule has 5 nitrogen and oxygen atoms in total. The molecule has 0 aromatic heterocycles. The molecular formula is C11H14BrN2O3P. The first kappa shape index (κ1) is 13.6. The molecule has 0 aliphatic carbocycles. The molecule has 7 heteroatoms. The molecule has 0 saturated heterocycles. The fraction of sp³-hybridized carbons (Fsp3) is 0.273. The van der Waals surface area contributed by atoms with Crippen LogP contribution in [0.25, 0.3) is 5.70 Å². The molecule has 1 aromatic carbocycles. The average Bonchev–Trinajstić information content (AvgIpc) is 2.48. The van der Waals surface area contributed by atoms with Crippen LogP contribution in [0.4, 0.5) is 5.69 Å². The van der Waals surface area contributed by atoms with Gasteiger partial charge < -0.3 is 20.4 Å². The lowest BCUT2D eigenvalue weighted by Crippen LogP contribution is -2.17. The quantitative estimate of drug-likeness (QED) is 0.593. The lowest BCUT2D eigenvalue weighted by atomic mass is 10.1. The molecular weight excluding hydrogens is 319 g/mol. The Bertz CT molecular complexity index is 553. The first-order chi connectivity index (χ1) is 8.39. The Morgan fingerprint density at radius 3 is 2.67 bits per heavy atom. The largest absolute Gasteiger partial charge is 0.383 e. The van der Waals surface area contributed by atoms with Crippen molar-refractivity contribution in [2.75, 3.05) is 18.4 Å². The lowest BCUT2D eigenvalue weighted by molar-refractivity contribution is 0.382. The fourth-order valence-electron chi connectivity index (χ4n) is 1.83.